The number of hydrogen-bond donors (Lipinski definition) is 0. The molecule has 0 fully saturated rings. The Hall–Kier alpha value is -1.59. The van der Waals surface area contributed by atoms with Crippen LogP contribution in [0.25, 0.3) is 0 Å². The molecule has 0 aliphatic carbocycles. The summed E-state index contributed by atoms with van der Waals surface area (Å²) in [5.41, 5.74) is 0.493. The maximum Gasteiger partial charge on any atom is 0.338 e. The van der Waals surface area contributed by atoms with E-state index in [1.54, 1.807) is 38.5 Å². The lowest BCUT2D eigenvalue weighted by Crippen LogP contribution is -2.12. The average Bonchev–Trinajstić information content (AvgIpc) is 2.42. The van der Waals surface area contributed by atoms with E-state index in [9.17, 15) is 4.79 Å². The zero-order chi connectivity index (χ0) is 13.2. The summed E-state index contributed by atoms with van der Waals surface area (Å²) >= 11 is 0. The third-order valence-electron chi connectivity index (χ3n) is 2.22. The lowest BCUT2D eigenvalue weighted by atomic mass is 10.2. The van der Waals surface area contributed by atoms with Crippen LogP contribution in [-0.4, -0.2) is 46.6 Å². The van der Waals surface area contributed by atoms with Gasteiger partial charge in [0.05, 0.1) is 32.5 Å². The molecule has 0 bridgehead atoms. The molecule has 1 rings (SSSR count). The van der Waals surface area contributed by atoms with E-state index < -0.39 is 0 Å². The molecule has 0 atom stereocenters. The summed E-state index contributed by atoms with van der Waals surface area (Å²) in [4.78, 5) is 11.6. The number of rotatable bonds is 8. The van der Waals surface area contributed by atoms with Crippen LogP contribution >= 0.6 is 0 Å². The fourth-order valence-corrected chi connectivity index (χ4v) is 1.25. The smallest absolute Gasteiger partial charge is 0.338 e. The van der Waals surface area contributed by atoms with Crippen LogP contribution in [0.1, 0.15) is 10.4 Å². The van der Waals surface area contributed by atoms with Crippen molar-refractivity contribution in [3.05, 3.63) is 29.8 Å². The van der Waals surface area contributed by atoms with E-state index in [0.717, 1.165) is 0 Å². The Labute approximate surface area is 107 Å². The van der Waals surface area contributed by atoms with E-state index in [2.05, 4.69) is 0 Å². The molecule has 0 saturated heterocycles. The monoisotopic (exact) mass is 254 g/mol. The first kappa shape index (κ1) is 14.5. The highest BCUT2D eigenvalue weighted by Gasteiger charge is 2.06. The number of methoxy groups -OCH3 is 2. The van der Waals surface area contributed by atoms with Crippen LogP contribution in [-0.2, 0) is 14.2 Å². The van der Waals surface area contributed by atoms with Crippen LogP contribution in [0, 0.1) is 0 Å². The molecule has 0 spiro atoms. The van der Waals surface area contributed by atoms with Gasteiger partial charge in [0, 0.05) is 7.11 Å². The van der Waals surface area contributed by atoms with Crippen molar-refractivity contribution in [3.63, 3.8) is 0 Å². The van der Waals surface area contributed by atoms with Gasteiger partial charge in [-0.25, -0.2) is 4.79 Å². The molecule has 0 N–H and O–H groups in total. The van der Waals surface area contributed by atoms with Gasteiger partial charge in [0.2, 0.25) is 0 Å². The fourth-order valence-electron chi connectivity index (χ4n) is 1.25. The standard InChI is InChI=1S/C13H18O5/c1-15-7-8-17-9-10-18-13(14)11-3-5-12(16-2)6-4-11/h3-6H,7-10H2,1-2H3. The second kappa shape index (κ2) is 8.49. The molecular weight excluding hydrogens is 236 g/mol. The van der Waals surface area contributed by atoms with E-state index in [1.807, 2.05) is 0 Å². The Balaban J connectivity index is 2.23. The number of benzene rings is 1. The average molecular weight is 254 g/mol. The number of carbonyl (C=O) groups is 1. The number of esters is 1. The van der Waals surface area contributed by atoms with Gasteiger partial charge in [0.25, 0.3) is 0 Å². The predicted octanol–water partition coefficient (Wildman–Crippen LogP) is 1.51. The summed E-state index contributed by atoms with van der Waals surface area (Å²) in [6, 6.07) is 6.75. The zero-order valence-electron chi connectivity index (χ0n) is 10.7. The van der Waals surface area contributed by atoms with Crippen molar-refractivity contribution in [2.75, 3.05) is 40.6 Å². The Morgan fingerprint density at radius 1 is 1.00 bits per heavy atom. The van der Waals surface area contributed by atoms with Crippen LogP contribution in [0.2, 0.25) is 0 Å². The zero-order valence-corrected chi connectivity index (χ0v) is 10.7. The summed E-state index contributed by atoms with van der Waals surface area (Å²) in [7, 11) is 3.18. The Kier molecular flexibility index (Phi) is 6.83. The van der Waals surface area contributed by atoms with Crippen molar-refractivity contribution in [1.82, 2.24) is 0 Å². The molecule has 0 saturated carbocycles. The molecule has 18 heavy (non-hydrogen) atoms. The molecule has 5 heteroatoms. The van der Waals surface area contributed by atoms with E-state index in [4.69, 9.17) is 18.9 Å². The quantitative estimate of drug-likeness (QED) is 0.520. The molecular formula is C13H18O5. The van der Waals surface area contributed by atoms with Crippen molar-refractivity contribution < 1.29 is 23.7 Å². The maximum atomic E-state index is 11.6. The molecule has 0 aliphatic heterocycles. The first-order valence-electron chi connectivity index (χ1n) is 5.65. The second-order valence-electron chi connectivity index (χ2n) is 3.47. The minimum Gasteiger partial charge on any atom is -0.497 e. The summed E-state index contributed by atoms with van der Waals surface area (Å²) < 4.78 is 20.0. The van der Waals surface area contributed by atoms with Crippen LogP contribution < -0.4 is 4.74 Å². The molecule has 100 valence electrons. The summed E-state index contributed by atoms with van der Waals surface area (Å²) in [6.45, 7) is 1.63. The molecule has 0 aromatic heterocycles. The van der Waals surface area contributed by atoms with E-state index in [1.165, 1.54) is 0 Å². The molecule has 0 radical (unpaired) electrons. The second-order valence-corrected chi connectivity index (χ2v) is 3.47. The van der Waals surface area contributed by atoms with Gasteiger partial charge in [-0.3, -0.25) is 0 Å². The highest BCUT2D eigenvalue weighted by atomic mass is 16.6. The van der Waals surface area contributed by atoms with Crippen LogP contribution in [0.5, 0.6) is 5.75 Å². The van der Waals surface area contributed by atoms with E-state index >= 15 is 0 Å². The molecule has 0 heterocycles. The van der Waals surface area contributed by atoms with Crippen LogP contribution in [0.4, 0.5) is 0 Å². The molecule has 1 aromatic carbocycles. The van der Waals surface area contributed by atoms with Crippen LogP contribution in [0.15, 0.2) is 24.3 Å². The first-order chi connectivity index (χ1) is 8.77. The van der Waals surface area contributed by atoms with Gasteiger partial charge < -0.3 is 18.9 Å². The normalized spacial score (nSPS) is 10.1. The van der Waals surface area contributed by atoms with Gasteiger partial charge in [-0.15, -0.1) is 0 Å². The summed E-state index contributed by atoms with van der Waals surface area (Å²) in [5, 5.41) is 0. The lowest BCUT2D eigenvalue weighted by Gasteiger charge is -2.06. The van der Waals surface area contributed by atoms with Crippen molar-refractivity contribution in [2.45, 2.75) is 0 Å². The first-order valence-corrected chi connectivity index (χ1v) is 5.65. The van der Waals surface area contributed by atoms with E-state index in [-0.39, 0.29) is 12.6 Å². The third kappa shape index (κ3) is 5.16. The fraction of sp³-hybridized carbons (Fsp3) is 0.462. The van der Waals surface area contributed by atoms with Crippen molar-refractivity contribution >= 4 is 5.97 Å². The SMILES string of the molecule is COCCOCCOC(=O)c1ccc(OC)cc1. The molecule has 5 nitrogen and oxygen atoms in total. The molecule has 0 unspecified atom stereocenters. The van der Waals surface area contributed by atoms with Gasteiger partial charge in [-0.05, 0) is 24.3 Å². The Bertz CT molecular complexity index is 347. The summed E-state index contributed by atoms with van der Waals surface area (Å²) in [6.07, 6.45) is 0. The topological polar surface area (TPSA) is 54.0 Å². The highest BCUT2D eigenvalue weighted by Crippen LogP contribution is 2.11. The van der Waals surface area contributed by atoms with Gasteiger partial charge in [0.1, 0.15) is 12.4 Å². The van der Waals surface area contributed by atoms with Gasteiger partial charge in [-0.1, -0.05) is 0 Å². The summed E-state index contributed by atoms with van der Waals surface area (Å²) in [5.74, 6) is 0.336. The van der Waals surface area contributed by atoms with Crippen molar-refractivity contribution in [3.8, 4) is 5.75 Å². The highest BCUT2D eigenvalue weighted by molar-refractivity contribution is 5.89. The van der Waals surface area contributed by atoms with Crippen molar-refractivity contribution in [2.24, 2.45) is 0 Å². The third-order valence-corrected chi connectivity index (χ3v) is 2.22. The Morgan fingerprint density at radius 3 is 2.28 bits per heavy atom. The van der Waals surface area contributed by atoms with Gasteiger partial charge in [-0.2, -0.15) is 0 Å². The molecule has 0 amide bonds. The lowest BCUT2D eigenvalue weighted by molar-refractivity contribution is 0.0214. The van der Waals surface area contributed by atoms with Crippen LogP contribution in [0.3, 0.4) is 0 Å². The Morgan fingerprint density at radius 2 is 1.67 bits per heavy atom. The van der Waals surface area contributed by atoms with Gasteiger partial charge in [0.15, 0.2) is 0 Å². The largest absolute Gasteiger partial charge is 0.497 e. The number of ether oxygens (including phenoxy) is 4. The van der Waals surface area contributed by atoms with E-state index in [0.29, 0.717) is 31.1 Å². The number of hydrogen-bond acceptors (Lipinski definition) is 5. The molecule has 1 aromatic rings. The predicted molar refractivity (Wildman–Crippen MR) is 66.0 cm³/mol. The van der Waals surface area contributed by atoms with Crippen molar-refractivity contribution in [1.29, 1.82) is 0 Å². The van der Waals surface area contributed by atoms with Gasteiger partial charge >= 0.3 is 5.97 Å². The molecule has 0 aliphatic rings. The number of carbonyl (C=O) groups excluding carboxylic acids is 1. The minimum absolute atomic E-state index is 0.231. The maximum absolute atomic E-state index is 11.6. The minimum atomic E-state index is -0.368.